The number of methoxy groups -OCH3 is 1. The third kappa shape index (κ3) is 4.70. The molecule has 1 fully saturated rings. The molecule has 0 radical (unpaired) electrons. The number of Topliss-reactive ketones (excluding diaryl/α,β-unsaturated/α-hetero) is 1. The molecule has 0 aromatic heterocycles. The van der Waals surface area contributed by atoms with Crippen LogP contribution in [0.15, 0.2) is 76.8 Å². The van der Waals surface area contributed by atoms with Crippen molar-refractivity contribution in [1.82, 2.24) is 0 Å². The second-order valence-electron chi connectivity index (χ2n) is 8.14. The lowest BCUT2D eigenvalue weighted by Crippen LogP contribution is -2.29. The number of aliphatic hydroxyl groups excluding tert-OH is 1. The fraction of sp³-hybridized carbons (Fsp3) is 0.148. The quantitative estimate of drug-likeness (QED) is 0.261. The van der Waals surface area contributed by atoms with Crippen molar-refractivity contribution in [3.05, 3.63) is 99.0 Å². The number of carboxylic acid groups (broad SMARTS) is 1. The van der Waals surface area contributed by atoms with Crippen LogP contribution in [0, 0.1) is 6.92 Å². The van der Waals surface area contributed by atoms with Gasteiger partial charge in [0.05, 0.1) is 25.1 Å². The lowest BCUT2D eigenvalue weighted by molar-refractivity contribution is -0.136. The Hall–Kier alpha value is -3.91. The van der Waals surface area contributed by atoms with E-state index >= 15 is 0 Å². The van der Waals surface area contributed by atoms with Crippen molar-refractivity contribution in [2.45, 2.75) is 19.4 Å². The van der Waals surface area contributed by atoms with Gasteiger partial charge in [0.15, 0.2) is 0 Å². The van der Waals surface area contributed by atoms with E-state index in [1.807, 2.05) is 6.92 Å². The van der Waals surface area contributed by atoms with Crippen LogP contribution in [0.2, 0.25) is 0 Å². The van der Waals surface area contributed by atoms with Crippen molar-refractivity contribution in [3.63, 3.8) is 0 Å². The molecule has 178 valence electrons. The highest BCUT2D eigenvalue weighted by Gasteiger charge is 2.47. The van der Waals surface area contributed by atoms with E-state index in [-0.39, 0.29) is 17.8 Å². The zero-order valence-corrected chi connectivity index (χ0v) is 20.6. The highest BCUT2D eigenvalue weighted by molar-refractivity contribution is 9.10. The number of ether oxygens (including phenoxy) is 1. The number of carbonyl (C=O) groups is 3. The topological polar surface area (TPSA) is 104 Å². The molecule has 3 aromatic carbocycles. The number of aliphatic carboxylic acids is 1. The summed E-state index contributed by atoms with van der Waals surface area (Å²) in [5, 5.41) is 20.3. The monoisotopic (exact) mass is 535 g/mol. The lowest BCUT2D eigenvalue weighted by Gasteiger charge is -2.25. The summed E-state index contributed by atoms with van der Waals surface area (Å²) >= 11 is 3.43. The van der Waals surface area contributed by atoms with Crippen molar-refractivity contribution in [3.8, 4) is 5.75 Å². The first-order valence-corrected chi connectivity index (χ1v) is 11.5. The lowest BCUT2D eigenvalue weighted by atomic mass is 9.94. The van der Waals surface area contributed by atoms with Gasteiger partial charge in [0.25, 0.3) is 11.7 Å². The minimum absolute atomic E-state index is 0.0310. The number of carboxylic acids is 1. The average Bonchev–Trinajstić information content (AvgIpc) is 3.11. The molecule has 3 aromatic rings. The minimum atomic E-state index is -0.971. The van der Waals surface area contributed by atoms with Gasteiger partial charge in [0.1, 0.15) is 11.5 Å². The number of nitrogens with zero attached hydrogens (tertiary/aromatic N) is 1. The molecular weight excluding hydrogens is 514 g/mol. The highest BCUT2D eigenvalue weighted by Crippen LogP contribution is 2.42. The van der Waals surface area contributed by atoms with E-state index in [1.54, 1.807) is 66.7 Å². The maximum absolute atomic E-state index is 13.3. The van der Waals surface area contributed by atoms with Crippen molar-refractivity contribution in [1.29, 1.82) is 0 Å². The number of carbonyl (C=O) groups excluding carboxylic acids is 2. The van der Waals surface area contributed by atoms with Crippen molar-refractivity contribution in [2.24, 2.45) is 0 Å². The average molecular weight is 536 g/mol. The number of ketones is 1. The van der Waals surface area contributed by atoms with Gasteiger partial charge in [-0.25, -0.2) is 0 Å². The van der Waals surface area contributed by atoms with Crippen LogP contribution in [0.5, 0.6) is 5.75 Å². The number of halogens is 1. The molecule has 0 saturated carbocycles. The van der Waals surface area contributed by atoms with Crippen LogP contribution >= 0.6 is 15.9 Å². The Morgan fingerprint density at radius 3 is 2.23 bits per heavy atom. The Morgan fingerprint density at radius 2 is 1.66 bits per heavy atom. The molecule has 35 heavy (non-hydrogen) atoms. The zero-order chi connectivity index (χ0) is 25.3. The predicted octanol–water partition coefficient (Wildman–Crippen LogP) is 5.02. The highest BCUT2D eigenvalue weighted by atomic mass is 79.9. The summed E-state index contributed by atoms with van der Waals surface area (Å²) in [6, 6.07) is 17.6. The molecule has 1 amide bonds. The van der Waals surface area contributed by atoms with Crippen LogP contribution in [0.3, 0.4) is 0 Å². The molecule has 1 atom stereocenters. The van der Waals surface area contributed by atoms with E-state index in [0.29, 0.717) is 28.1 Å². The Kier molecular flexibility index (Phi) is 6.75. The van der Waals surface area contributed by atoms with Crippen molar-refractivity contribution < 1.29 is 29.3 Å². The van der Waals surface area contributed by atoms with Gasteiger partial charge in [-0.15, -0.1) is 0 Å². The molecule has 0 bridgehead atoms. The van der Waals surface area contributed by atoms with Gasteiger partial charge < -0.3 is 14.9 Å². The first-order valence-electron chi connectivity index (χ1n) is 10.7. The number of hydrogen-bond acceptors (Lipinski definition) is 5. The summed E-state index contributed by atoms with van der Waals surface area (Å²) in [6.07, 6.45) is -0.163. The van der Waals surface area contributed by atoms with Crippen LogP contribution in [-0.4, -0.2) is 35.0 Å². The molecule has 0 spiro atoms. The number of benzene rings is 3. The second-order valence-corrected chi connectivity index (χ2v) is 9.00. The largest absolute Gasteiger partial charge is 0.507 e. The van der Waals surface area contributed by atoms with Crippen LogP contribution < -0.4 is 9.64 Å². The van der Waals surface area contributed by atoms with Crippen LogP contribution in [0.1, 0.15) is 28.3 Å². The SMILES string of the molecule is COc1ccc(C2/C(=C(/O)c3ccc(Br)c(C)c3)C(=O)C(=O)N2c2ccc(CC(=O)O)cc2)cc1. The summed E-state index contributed by atoms with van der Waals surface area (Å²) in [5.74, 6) is -2.23. The van der Waals surface area contributed by atoms with Gasteiger partial charge in [-0.2, -0.15) is 0 Å². The fourth-order valence-electron chi connectivity index (χ4n) is 4.10. The van der Waals surface area contributed by atoms with E-state index < -0.39 is 23.7 Å². The Labute approximate surface area is 210 Å². The third-order valence-electron chi connectivity index (χ3n) is 5.88. The number of rotatable bonds is 6. The van der Waals surface area contributed by atoms with Gasteiger partial charge in [0.2, 0.25) is 0 Å². The van der Waals surface area contributed by atoms with E-state index in [9.17, 15) is 19.5 Å². The molecule has 1 heterocycles. The first kappa shape index (κ1) is 24.2. The Morgan fingerprint density at radius 1 is 1.00 bits per heavy atom. The van der Waals surface area contributed by atoms with Crippen molar-refractivity contribution in [2.75, 3.05) is 12.0 Å². The van der Waals surface area contributed by atoms with Gasteiger partial charge in [0, 0.05) is 15.7 Å². The number of aliphatic hydroxyl groups is 1. The van der Waals surface area contributed by atoms with Crippen molar-refractivity contribution >= 4 is 45.0 Å². The Balaban J connectivity index is 1.88. The van der Waals surface area contributed by atoms with Crippen LogP contribution in [-0.2, 0) is 20.8 Å². The van der Waals surface area contributed by atoms with Gasteiger partial charge in [-0.05, 0) is 60.0 Å². The summed E-state index contributed by atoms with van der Waals surface area (Å²) in [5.41, 5.74) is 2.82. The van der Waals surface area contributed by atoms with Gasteiger partial charge in [-0.3, -0.25) is 19.3 Å². The first-order chi connectivity index (χ1) is 16.7. The predicted molar refractivity (Wildman–Crippen MR) is 134 cm³/mol. The van der Waals surface area contributed by atoms with E-state index in [2.05, 4.69) is 15.9 Å². The molecule has 2 N–H and O–H groups in total. The Bertz CT molecular complexity index is 1350. The number of anilines is 1. The summed E-state index contributed by atoms with van der Waals surface area (Å²) in [7, 11) is 1.54. The fourth-order valence-corrected chi connectivity index (χ4v) is 4.34. The molecule has 4 rings (SSSR count). The standard InChI is InChI=1S/C27H22BrNO6/c1-15-13-18(7-12-21(15)28)25(32)23-24(17-5-10-20(35-2)11-6-17)29(27(34)26(23)33)19-8-3-16(4-9-19)14-22(30)31/h3-13,24,32H,14H2,1-2H3,(H,30,31)/b25-23-. The molecule has 1 aliphatic rings. The van der Waals surface area contributed by atoms with E-state index in [1.165, 1.54) is 12.0 Å². The summed E-state index contributed by atoms with van der Waals surface area (Å²) in [6.45, 7) is 1.86. The molecule has 1 saturated heterocycles. The number of amides is 1. The molecular formula is C27H22BrNO6. The van der Waals surface area contributed by atoms with Crippen LogP contribution in [0.4, 0.5) is 5.69 Å². The molecule has 7 nitrogen and oxygen atoms in total. The normalized spacial score (nSPS) is 17.0. The molecule has 1 aliphatic heterocycles. The van der Waals surface area contributed by atoms with E-state index in [4.69, 9.17) is 9.84 Å². The van der Waals surface area contributed by atoms with E-state index in [0.717, 1.165) is 10.0 Å². The molecule has 0 aliphatic carbocycles. The number of hydrogen-bond donors (Lipinski definition) is 2. The molecule has 8 heteroatoms. The maximum atomic E-state index is 13.3. The van der Waals surface area contributed by atoms with Gasteiger partial charge in [-0.1, -0.05) is 46.3 Å². The minimum Gasteiger partial charge on any atom is -0.507 e. The summed E-state index contributed by atoms with van der Waals surface area (Å²) in [4.78, 5) is 38.9. The second kappa shape index (κ2) is 9.76. The molecule has 1 unspecified atom stereocenters. The number of aryl methyl sites for hydroxylation is 1. The summed E-state index contributed by atoms with van der Waals surface area (Å²) < 4.78 is 6.09. The van der Waals surface area contributed by atoms with Gasteiger partial charge >= 0.3 is 5.97 Å². The zero-order valence-electron chi connectivity index (χ0n) is 19.0. The third-order valence-corrected chi connectivity index (χ3v) is 6.77. The smallest absolute Gasteiger partial charge is 0.307 e. The van der Waals surface area contributed by atoms with Crippen LogP contribution in [0.25, 0.3) is 5.76 Å². The maximum Gasteiger partial charge on any atom is 0.307 e.